The molecule has 5 heteroatoms. The van der Waals surface area contributed by atoms with E-state index >= 15 is 0 Å². The molecule has 0 bridgehead atoms. The number of benzene rings is 2. The van der Waals surface area contributed by atoms with E-state index in [-0.39, 0.29) is 6.03 Å². The molecular formula is C17H18F2N2O. The molecule has 0 aliphatic heterocycles. The van der Waals surface area contributed by atoms with Gasteiger partial charge in [-0.25, -0.2) is 13.6 Å². The van der Waals surface area contributed by atoms with Gasteiger partial charge in [0.25, 0.3) is 0 Å². The van der Waals surface area contributed by atoms with E-state index in [1.54, 1.807) is 0 Å². The zero-order chi connectivity index (χ0) is 15.8. The van der Waals surface area contributed by atoms with Crippen LogP contribution in [0, 0.1) is 11.6 Å². The van der Waals surface area contributed by atoms with Crippen molar-refractivity contribution in [2.24, 2.45) is 0 Å². The molecule has 0 aromatic heterocycles. The van der Waals surface area contributed by atoms with Crippen molar-refractivity contribution in [1.82, 2.24) is 10.6 Å². The van der Waals surface area contributed by atoms with E-state index in [9.17, 15) is 13.6 Å². The summed E-state index contributed by atoms with van der Waals surface area (Å²) in [4.78, 5) is 11.6. The zero-order valence-corrected chi connectivity index (χ0v) is 12.1. The average molecular weight is 304 g/mol. The quantitative estimate of drug-likeness (QED) is 0.846. The van der Waals surface area contributed by atoms with Crippen LogP contribution in [0.3, 0.4) is 0 Å². The topological polar surface area (TPSA) is 41.1 Å². The predicted octanol–water partition coefficient (Wildman–Crippen LogP) is 3.05. The second-order valence-electron chi connectivity index (χ2n) is 4.90. The third-order valence-electron chi connectivity index (χ3n) is 3.24. The van der Waals surface area contributed by atoms with Crippen LogP contribution >= 0.6 is 0 Å². The van der Waals surface area contributed by atoms with Crippen LogP contribution in [0.2, 0.25) is 0 Å². The Morgan fingerprint density at radius 2 is 1.59 bits per heavy atom. The van der Waals surface area contributed by atoms with Gasteiger partial charge < -0.3 is 10.6 Å². The molecule has 2 aromatic carbocycles. The molecule has 22 heavy (non-hydrogen) atoms. The first-order chi connectivity index (χ1) is 10.6. The summed E-state index contributed by atoms with van der Waals surface area (Å²) in [5, 5.41) is 5.39. The minimum atomic E-state index is -0.604. The van der Waals surface area contributed by atoms with E-state index in [4.69, 9.17) is 0 Å². The molecule has 0 aliphatic rings. The lowest BCUT2D eigenvalue weighted by atomic mass is 10.1. The van der Waals surface area contributed by atoms with Gasteiger partial charge in [0.15, 0.2) is 0 Å². The average Bonchev–Trinajstić information content (AvgIpc) is 2.50. The molecular weight excluding hydrogens is 286 g/mol. The van der Waals surface area contributed by atoms with Crippen LogP contribution in [-0.2, 0) is 12.8 Å². The first-order valence-corrected chi connectivity index (χ1v) is 7.15. The summed E-state index contributed by atoms with van der Waals surface area (Å²) >= 11 is 0. The Morgan fingerprint density at radius 1 is 0.909 bits per heavy atom. The minimum Gasteiger partial charge on any atom is -0.338 e. The van der Waals surface area contributed by atoms with Gasteiger partial charge in [-0.05, 0) is 30.0 Å². The van der Waals surface area contributed by atoms with Crippen molar-refractivity contribution in [3.63, 3.8) is 0 Å². The molecule has 0 atom stereocenters. The highest BCUT2D eigenvalue weighted by Gasteiger charge is 2.05. The van der Waals surface area contributed by atoms with Crippen LogP contribution < -0.4 is 10.6 Å². The molecule has 0 saturated heterocycles. The maximum absolute atomic E-state index is 13.4. The van der Waals surface area contributed by atoms with Gasteiger partial charge in [-0.3, -0.25) is 0 Å². The molecule has 3 nitrogen and oxygen atoms in total. The van der Waals surface area contributed by atoms with Gasteiger partial charge in [-0.1, -0.05) is 36.4 Å². The van der Waals surface area contributed by atoms with E-state index in [0.29, 0.717) is 25.1 Å². The second-order valence-corrected chi connectivity index (χ2v) is 4.90. The fraction of sp³-hybridized carbons (Fsp3) is 0.235. The van der Waals surface area contributed by atoms with Gasteiger partial charge in [0.05, 0.1) is 0 Å². The largest absolute Gasteiger partial charge is 0.338 e. The molecule has 0 fully saturated rings. The van der Waals surface area contributed by atoms with Crippen molar-refractivity contribution in [3.05, 3.63) is 71.3 Å². The molecule has 2 aromatic rings. The summed E-state index contributed by atoms with van der Waals surface area (Å²) < 4.78 is 26.2. The van der Waals surface area contributed by atoms with Crippen molar-refractivity contribution in [1.29, 1.82) is 0 Å². The number of amides is 2. The van der Waals surface area contributed by atoms with Crippen molar-refractivity contribution in [2.45, 2.75) is 12.8 Å². The number of urea groups is 1. The first kappa shape index (κ1) is 15.9. The summed E-state index contributed by atoms with van der Waals surface area (Å²) in [6.07, 6.45) is 1.07. The summed E-state index contributed by atoms with van der Waals surface area (Å²) in [7, 11) is 0. The van der Waals surface area contributed by atoms with Crippen LogP contribution in [0.4, 0.5) is 13.6 Å². The monoisotopic (exact) mass is 304 g/mol. The van der Waals surface area contributed by atoms with Crippen LogP contribution in [0.25, 0.3) is 0 Å². The first-order valence-electron chi connectivity index (χ1n) is 7.15. The third-order valence-corrected chi connectivity index (χ3v) is 3.24. The molecule has 0 unspecified atom stereocenters. The molecule has 0 heterocycles. The summed E-state index contributed by atoms with van der Waals surface area (Å²) in [5.74, 6) is -1.20. The second kappa shape index (κ2) is 8.12. The standard InChI is InChI=1S/C17H18F2N2O/c18-15-7-6-14(16(19)12-15)9-11-21-17(22)20-10-8-13-4-2-1-3-5-13/h1-7,12H,8-11H2,(H2,20,21,22). The number of halogens is 2. The number of nitrogens with one attached hydrogen (secondary N) is 2. The Morgan fingerprint density at radius 3 is 2.27 bits per heavy atom. The van der Waals surface area contributed by atoms with E-state index in [0.717, 1.165) is 18.1 Å². The van der Waals surface area contributed by atoms with Crippen molar-refractivity contribution < 1.29 is 13.6 Å². The van der Waals surface area contributed by atoms with Crippen LogP contribution in [0.15, 0.2) is 48.5 Å². The maximum atomic E-state index is 13.4. The summed E-state index contributed by atoms with van der Waals surface area (Å²) in [5.41, 5.74) is 1.53. The van der Waals surface area contributed by atoms with E-state index in [2.05, 4.69) is 10.6 Å². The SMILES string of the molecule is O=C(NCCc1ccccc1)NCCc1ccc(F)cc1F. The smallest absolute Gasteiger partial charge is 0.314 e. The van der Waals surface area contributed by atoms with E-state index in [1.165, 1.54) is 12.1 Å². The molecule has 0 spiro atoms. The Hall–Kier alpha value is -2.43. The Bertz CT molecular complexity index is 617. The van der Waals surface area contributed by atoms with Gasteiger partial charge in [0.2, 0.25) is 0 Å². The molecule has 2 N–H and O–H groups in total. The number of hydrogen-bond acceptors (Lipinski definition) is 1. The maximum Gasteiger partial charge on any atom is 0.314 e. The Kier molecular flexibility index (Phi) is 5.89. The van der Waals surface area contributed by atoms with Crippen molar-refractivity contribution in [2.75, 3.05) is 13.1 Å². The highest BCUT2D eigenvalue weighted by atomic mass is 19.1. The molecule has 2 amide bonds. The minimum absolute atomic E-state index is 0.291. The molecule has 0 radical (unpaired) electrons. The van der Waals surface area contributed by atoms with Gasteiger partial charge in [0.1, 0.15) is 11.6 Å². The fourth-order valence-corrected chi connectivity index (χ4v) is 2.06. The summed E-state index contributed by atoms with van der Waals surface area (Å²) in [6.45, 7) is 0.820. The van der Waals surface area contributed by atoms with Crippen molar-refractivity contribution in [3.8, 4) is 0 Å². The highest BCUT2D eigenvalue weighted by molar-refractivity contribution is 5.73. The number of hydrogen-bond donors (Lipinski definition) is 2. The van der Waals surface area contributed by atoms with Crippen LogP contribution in [0.1, 0.15) is 11.1 Å². The lowest BCUT2D eigenvalue weighted by Crippen LogP contribution is -2.37. The molecule has 0 aliphatic carbocycles. The molecule has 116 valence electrons. The normalized spacial score (nSPS) is 10.3. The van der Waals surface area contributed by atoms with Crippen LogP contribution in [0.5, 0.6) is 0 Å². The van der Waals surface area contributed by atoms with Gasteiger partial charge in [-0.2, -0.15) is 0 Å². The fourth-order valence-electron chi connectivity index (χ4n) is 2.06. The highest BCUT2D eigenvalue weighted by Crippen LogP contribution is 2.09. The molecule has 2 rings (SSSR count). The Labute approximate surface area is 128 Å². The number of rotatable bonds is 6. The predicted molar refractivity (Wildman–Crippen MR) is 81.6 cm³/mol. The lowest BCUT2D eigenvalue weighted by molar-refractivity contribution is 0.241. The van der Waals surface area contributed by atoms with Gasteiger partial charge in [-0.15, -0.1) is 0 Å². The lowest BCUT2D eigenvalue weighted by Gasteiger charge is -2.08. The zero-order valence-electron chi connectivity index (χ0n) is 12.1. The number of carbonyl (C=O) groups excluding carboxylic acids is 1. The van der Waals surface area contributed by atoms with E-state index < -0.39 is 11.6 Å². The third kappa shape index (κ3) is 5.16. The van der Waals surface area contributed by atoms with Gasteiger partial charge in [0, 0.05) is 19.2 Å². The van der Waals surface area contributed by atoms with E-state index in [1.807, 2.05) is 30.3 Å². The Balaban J connectivity index is 1.65. The van der Waals surface area contributed by atoms with Crippen molar-refractivity contribution >= 4 is 6.03 Å². The van der Waals surface area contributed by atoms with Gasteiger partial charge >= 0.3 is 6.03 Å². The van der Waals surface area contributed by atoms with Crippen LogP contribution in [-0.4, -0.2) is 19.1 Å². The summed E-state index contributed by atoms with van der Waals surface area (Å²) in [6, 6.07) is 13.0. The molecule has 0 saturated carbocycles. The number of carbonyl (C=O) groups is 1.